The van der Waals surface area contributed by atoms with E-state index in [0.717, 1.165) is 36.7 Å². The van der Waals surface area contributed by atoms with E-state index in [0.29, 0.717) is 13.1 Å². The fourth-order valence-electron chi connectivity index (χ4n) is 4.73. The molecule has 7 heteroatoms. The van der Waals surface area contributed by atoms with Crippen LogP contribution >= 0.6 is 0 Å². The Morgan fingerprint density at radius 1 is 1.03 bits per heavy atom. The van der Waals surface area contributed by atoms with Gasteiger partial charge in [0, 0.05) is 26.2 Å². The Hall–Kier alpha value is -2.57. The van der Waals surface area contributed by atoms with Crippen LogP contribution in [0.2, 0.25) is 0 Å². The molecule has 29 heavy (non-hydrogen) atoms. The molecular weight excluding hydrogens is 368 g/mol. The van der Waals surface area contributed by atoms with Crippen molar-refractivity contribution in [3.05, 3.63) is 34.7 Å². The monoisotopic (exact) mass is 398 g/mol. The van der Waals surface area contributed by atoms with Gasteiger partial charge in [-0.3, -0.25) is 18.7 Å². The topological polar surface area (TPSA) is 76.3 Å². The molecular formula is C22H30N4O3. The smallest absolute Gasteiger partial charge is 0.329 e. The first-order valence-corrected chi connectivity index (χ1v) is 10.8. The number of amides is 2. The Morgan fingerprint density at radius 3 is 2.52 bits per heavy atom. The van der Waals surface area contributed by atoms with Crippen LogP contribution in [0.3, 0.4) is 0 Å². The predicted molar refractivity (Wildman–Crippen MR) is 111 cm³/mol. The third-order valence-electron chi connectivity index (χ3n) is 6.44. The van der Waals surface area contributed by atoms with Crippen LogP contribution in [0.25, 0.3) is 11.0 Å². The molecule has 4 rings (SSSR count). The van der Waals surface area contributed by atoms with E-state index in [4.69, 9.17) is 0 Å². The second kappa shape index (κ2) is 8.43. The SMILES string of the molecule is Cn1c(=O)n(CC(=O)N2CCCC(C(=O)NC3CCCCC3)C2)c2ccccc21. The lowest BCUT2D eigenvalue weighted by molar-refractivity contribution is -0.136. The molecule has 2 aromatic rings. The molecule has 1 aromatic carbocycles. The van der Waals surface area contributed by atoms with Crippen molar-refractivity contribution in [2.45, 2.75) is 57.5 Å². The van der Waals surface area contributed by atoms with Gasteiger partial charge in [-0.25, -0.2) is 4.79 Å². The van der Waals surface area contributed by atoms with Crippen molar-refractivity contribution in [3.63, 3.8) is 0 Å². The van der Waals surface area contributed by atoms with Crippen LogP contribution in [-0.4, -0.2) is 45.0 Å². The van der Waals surface area contributed by atoms with Gasteiger partial charge in [0.25, 0.3) is 0 Å². The molecule has 1 aliphatic carbocycles. The maximum absolute atomic E-state index is 13.0. The van der Waals surface area contributed by atoms with Gasteiger partial charge in [0.05, 0.1) is 17.0 Å². The number of fused-ring (bicyclic) bond motifs is 1. The van der Waals surface area contributed by atoms with E-state index < -0.39 is 0 Å². The molecule has 1 aromatic heterocycles. The molecule has 2 heterocycles. The molecule has 2 aliphatic rings. The maximum Gasteiger partial charge on any atom is 0.329 e. The van der Waals surface area contributed by atoms with E-state index in [1.807, 2.05) is 24.3 Å². The van der Waals surface area contributed by atoms with Crippen molar-refractivity contribution in [3.8, 4) is 0 Å². The Kier molecular flexibility index (Phi) is 5.74. The summed E-state index contributed by atoms with van der Waals surface area (Å²) in [5.41, 5.74) is 1.38. The summed E-state index contributed by atoms with van der Waals surface area (Å²) in [6, 6.07) is 7.78. The Bertz CT molecular complexity index is 955. The lowest BCUT2D eigenvalue weighted by Crippen LogP contribution is -2.48. The molecule has 7 nitrogen and oxygen atoms in total. The minimum Gasteiger partial charge on any atom is -0.353 e. The highest BCUT2D eigenvalue weighted by atomic mass is 16.2. The minimum absolute atomic E-state index is 0.0111. The van der Waals surface area contributed by atoms with Crippen LogP contribution in [0, 0.1) is 5.92 Å². The van der Waals surface area contributed by atoms with Crippen LogP contribution in [0.1, 0.15) is 44.9 Å². The number of carbonyl (C=O) groups excluding carboxylic acids is 2. The normalized spacial score (nSPS) is 20.7. The molecule has 0 radical (unpaired) electrons. The summed E-state index contributed by atoms with van der Waals surface area (Å²) in [6.45, 7) is 1.10. The summed E-state index contributed by atoms with van der Waals surface area (Å²) in [6.07, 6.45) is 7.37. The number of nitrogens with zero attached hydrogens (tertiary/aromatic N) is 3. The first kappa shape index (κ1) is 19.7. The van der Waals surface area contributed by atoms with Gasteiger partial charge in [-0.2, -0.15) is 0 Å². The fraction of sp³-hybridized carbons (Fsp3) is 0.591. The third kappa shape index (κ3) is 4.09. The van der Waals surface area contributed by atoms with Crippen LogP contribution < -0.4 is 11.0 Å². The number of aromatic nitrogens is 2. The Morgan fingerprint density at radius 2 is 1.76 bits per heavy atom. The maximum atomic E-state index is 13.0. The average molecular weight is 399 g/mol. The van der Waals surface area contributed by atoms with E-state index in [-0.39, 0.29) is 36.0 Å². The minimum atomic E-state index is -0.192. The number of rotatable bonds is 4. The van der Waals surface area contributed by atoms with Crippen molar-refractivity contribution in [1.82, 2.24) is 19.4 Å². The van der Waals surface area contributed by atoms with Gasteiger partial charge in [0.2, 0.25) is 11.8 Å². The van der Waals surface area contributed by atoms with E-state index in [2.05, 4.69) is 5.32 Å². The predicted octanol–water partition coefficient (Wildman–Crippen LogP) is 2.03. The molecule has 1 saturated heterocycles. The number of carbonyl (C=O) groups is 2. The molecule has 2 fully saturated rings. The molecule has 156 valence electrons. The zero-order valence-electron chi connectivity index (χ0n) is 17.1. The van der Waals surface area contributed by atoms with Crippen molar-refractivity contribution < 1.29 is 9.59 Å². The van der Waals surface area contributed by atoms with E-state index in [9.17, 15) is 14.4 Å². The summed E-state index contributed by atoms with van der Waals surface area (Å²) in [5, 5.41) is 3.20. The van der Waals surface area contributed by atoms with Crippen molar-refractivity contribution in [2.24, 2.45) is 13.0 Å². The van der Waals surface area contributed by atoms with E-state index >= 15 is 0 Å². The largest absolute Gasteiger partial charge is 0.353 e. The number of hydrogen-bond donors (Lipinski definition) is 1. The number of hydrogen-bond acceptors (Lipinski definition) is 3. The standard InChI is InChI=1S/C22H30N4O3/c1-24-18-11-5-6-12-19(18)26(22(24)29)15-20(27)25-13-7-8-16(14-25)21(28)23-17-9-3-2-4-10-17/h5-6,11-12,16-17H,2-4,7-10,13-15H2,1H3,(H,23,28). The third-order valence-corrected chi connectivity index (χ3v) is 6.44. The molecule has 0 spiro atoms. The van der Waals surface area contributed by atoms with Crippen LogP contribution in [-0.2, 0) is 23.2 Å². The molecule has 2 amide bonds. The molecule has 1 unspecified atom stereocenters. The van der Waals surface area contributed by atoms with E-state index in [1.54, 1.807) is 16.5 Å². The summed E-state index contributed by atoms with van der Waals surface area (Å²) in [5.74, 6) is -0.172. The number of aryl methyl sites for hydroxylation is 1. The Labute approximate surface area is 170 Å². The first-order chi connectivity index (χ1) is 14.0. The number of likely N-dealkylation sites (tertiary alicyclic amines) is 1. The van der Waals surface area contributed by atoms with Crippen molar-refractivity contribution in [1.29, 1.82) is 0 Å². The zero-order chi connectivity index (χ0) is 20.4. The van der Waals surface area contributed by atoms with Crippen LogP contribution in [0.5, 0.6) is 0 Å². The van der Waals surface area contributed by atoms with Gasteiger partial charge >= 0.3 is 5.69 Å². The van der Waals surface area contributed by atoms with Gasteiger partial charge in [0.1, 0.15) is 6.54 Å². The van der Waals surface area contributed by atoms with Crippen molar-refractivity contribution in [2.75, 3.05) is 13.1 Å². The molecule has 1 aliphatic heterocycles. The Balaban J connectivity index is 1.42. The van der Waals surface area contributed by atoms with E-state index in [1.165, 1.54) is 23.8 Å². The van der Waals surface area contributed by atoms with Gasteiger partial charge in [-0.05, 0) is 37.8 Å². The highest BCUT2D eigenvalue weighted by Crippen LogP contribution is 2.21. The lowest BCUT2D eigenvalue weighted by Gasteiger charge is -2.33. The van der Waals surface area contributed by atoms with Crippen LogP contribution in [0.4, 0.5) is 0 Å². The molecule has 1 saturated carbocycles. The lowest BCUT2D eigenvalue weighted by atomic mass is 9.93. The van der Waals surface area contributed by atoms with Crippen LogP contribution in [0.15, 0.2) is 29.1 Å². The quantitative estimate of drug-likeness (QED) is 0.856. The number of piperidine rings is 1. The second-order valence-corrected chi connectivity index (χ2v) is 8.44. The van der Waals surface area contributed by atoms with Gasteiger partial charge in [-0.15, -0.1) is 0 Å². The van der Waals surface area contributed by atoms with Crippen molar-refractivity contribution >= 4 is 22.8 Å². The average Bonchev–Trinajstić information content (AvgIpc) is 2.99. The number of benzene rings is 1. The second-order valence-electron chi connectivity index (χ2n) is 8.44. The van der Waals surface area contributed by atoms with Gasteiger partial charge in [0.15, 0.2) is 0 Å². The zero-order valence-corrected chi connectivity index (χ0v) is 17.1. The highest BCUT2D eigenvalue weighted by molar-refractivity contribution is 5.83. The summed E-state index contributed by atoms with van der Waals surface area (Å²) in [7, 11) is 1.72. The fourth-order valence-corrected chi connectivity index (χ4v) is 4.73. The number of imidazole rings is 1. The summed E-state index contributed by atoms with van der Waals surface area (Å²) in [4.78, 5) is 40.0. The number of nitrogens with one attached hydrogen (secondary N) is 1. The van der Waals surface area contributed by atoms with Gasteiger partial charge < -0.3 is 10.2 Å². The molecule has 1 N–H and O–H groups in total. The summed E-state index contributed by atoms with van der Waals surface area (Å²) < 4.78 is 3.10. The molecule has 1 atom stereocenters. The highest BCUT2D eigenvalue weighted by Gasteiger charge is 2.30. The summed E-state index contributed by atoms with van der Waals surface area (Å²) >= 11 is 0. The molecule has 0 bridgehead atoms. The first-order valence-electron chi connectivity index (χ1n) is 10.8. The number of para-hydroxylation sites is 2. The van der Waals surface area contributed by atoms with Gasteiger partial charge in [-0.1, -0.05) is 31.4 Å².